The number of carbonyl (C=O) groups is 1. The third-order valence-electron chi connectivity index (χ3n) is 6.00. The van der Waals surface area contributed by atoms with Crippen LogP contribution in [0.2, 0.25) is 0 Å². The van der Waals surface area contributed by atoms with Crippen LogP contribution in [0.15, 0.2) is 36.5 Å². The number of rotatable bonds is 4. The minimum absolute atomic E-state index is 0.0140. The highest BCUT2D eigenvalue weighted by atomic mass is 35.5. The van der Waals surface area contributed by atoms with Crippen LogP contribution in [-0.2, 0) is 16.1 Å². The van der Waals surface area contributed by atoms with Gasteiger partial charge in [-0.15, -0.1) is 11.6 Å². The average Bonchev–Trinajstić information content (AvgIpc) is 2.89. The number of nitrogens with one attached hydrogen (secondary N) is 1. The number of alkyl halides is 1. The molecule has 1 aliphatic heterocycles. The van der Waals surface area contributed by atoms with E-state index in [2.05, 4.69) is 24.1 Å². The van der Waals surface area contributed by atoms with Gasteiger partial charge in [0.1, 0.15) is 5.82 Å². The fraction of sp³-hybridized carbons (Fsp3) is 0.500. The number of nitrogens with zero attached hydrogens (tertiary/aromatic N) is 2. The SMILES string of the molecule is CC(C)O[C@H]1CC[C@H](C(=O)N2Cc3cccnc3Nc3ccc(C(C)Cl)cc32)CC1. The number of halogens is 1. The molecule has 1 aromatic heterocycles. The van der Waals surface area contributed by atoms with E-state index in [4.69, 9.17) is 16.3 Å². The zero-order valence-corrected chi connectivity index (χ0v) is 18.7. The van der Waals surface area contributed by atoms with Gasteiger partial charge >= 0.3 is 0 Å². The first-order chi connectivity index (χ1) is 14.4. The summed E-state index contributed by atoms with van der Waals surface area (Å²) in [5, 5.41) is 3.29. The van der Waals surface area contributed by atoms with E-state index in [0.717, 1.165) is 54.0 Å². The zero-order valence-electron chi connectivity index (χ0n) is 17.9. The molecule has 160 valence electrons. The van der Waals surface area contributed by atoms with E-state index in [1.807, 2.05) is 42.2 Å². The largest absolute Gasteiger partial charge is 0.376 e. The van der Waals surface area contributed by atoms with Crippen LogP contribution >= 0.6 is 11.6 Å². The quantitative estimate of drug-likeness (QED) is 0.612. The summed E-state index contributed by atoms with van der Waals surface area (Å²) in [5.74, 6) is 0.993. The van der Waals surface area contributed by atoms with Crippen molar-refractivity contribution >= 4 is 34.7 Å². The lowest BCUT2D eigenvalue weighted by Gasteiger charge is -2.33. The molecule has 6 heteroatoms. The van der Waals surface area contributed by atoms with Gasteiger partial charge in [-0.2, -0.15) is 0 Å². The fourth-order valence-corrected chi connectivity index (χ4v) is 4.57. The molecule has 30 heavy (non-hydrogen) atoms. The summed E-state index contributed by atoms with van der Waals surface area (Å²) in [7, 11) is 0. The van der Waals surface area contributed by atoms with Gasteiger partial charge in [-0.1, -0.05) is 12.1 Å². The second kappa shape index (κ2) is 8.94. The van der Waals surface area contributed by atoms with Crippen molar-refractivity contribution < 1.29 is 9.53 Å². The molecule has 1 aromatic carbocycles. The summed E-state index contributed by atoms with van der Waals surface area (Å²) in [5.41, 5.74) is 3.78. The van der Waals surface area contributed by atoms with Gasteiger partial charge in [0.25, 0.3) is 0 Å². The Morgan fingerprint density at radius 1 is 1.20 bits per heavy atom. The normalized spacial score (nSPS) is 22.0. The number of amides is 1. The molecule has 1 fully saturated rings. The first-order valence-corrected chi connectivity index (χ1v) is 11.3. The number of fused-ring (bicyclic) bond motifs is 2. The number of hydrogen-bond donors (Lipinski definition) is 1. The van der Waals surface area contributed by atoms with Crippen molar-refractivity contribution in [2.75, 3.05) is 10.2 Å². The van der Waals surface area contributed by atoms with Crippen LogP contribution in [0.1, 0.15) is 63.0 Å². The second-order valence-corrected chi connectivity index (χ2v) is 9.27. The third kappa shape index (κ3) is 4.47. The molecule has 2 heterocycles. The van der Waals surface area contributed by atoms with Crippen molar-refractivity contribution in [3.63, 3.8) is 0 Å². The van der Waals surface area contributed by atoms with Crippen molar-refractivity contribution in [2.24, 2.45) is 5.92 Å². The maximum atomic E-state index is 13.7. The fourth-order valence-electron chi connectivity index (χ4n) is 4.43. The van der Waals surface area contributed by atoms with Gasteiger partial charge in [0.2, 0.25) is 5.91 Å². The van der Waals surface area contributed by atoms with Gasteiger partial charge in [0.15, 0.2) is 0 Å². The summed E-state index contributed by atoms with van der Waals surface area (Å²) in [6.07, 6.45) is 5.86. The van der Waals surface area contributed by atoms with E-state index < -0.39 is 0 Å². The van der Waals surface area contributed by atoms with Gasteiger partial charge in [-0.05, 0) is 70.2 Å². The minimum Gasteiger partial charge on any atom is -0.376 e. The Morgan fingerprint density at radius 2 is 1.97 bits per heavy atom. The molecule has 0 bridgehead atoms. The topological polar surface area (TPSA) is 54.5 Å². The van der Waals surface area contributed by atoms with Gasteiger partial charge in [0, 0.05) is 17.7 Å². The highest BCUT2D eigenvalue weighted by Gasteiger charge is 2.33. The Kier molecular flexibility index (Phi) is 6.30. The van der Waals surface area contributed by atoms with Crippen molar-refractivity contribution in [1.82, 2.24) is 4.98 Å². The smallest absolute Gasteiger partial charge is 0.230 e. The molecule has 1 unspecified atom stereocenters. The molecule has 0 saturated heterocycles. The van der Waals surface area contributed by atoms with E-state index in [-0.39, 0.29) is 29.4 Å². The molecular formula is C24H30ClN3O2. The first kappa shape index (κ1) is 21.1. The Balaban J connectivity index is 1.63. The number of pyridine rings is 1. The van der Waals surface area contributed by atoms with Gasteiger partial charge in [0.05, 0.1) is 35.5 Å². The Labute approximate surface area is 183 Å². The molecule has 1 atom stereocenters. The van der Waals surface area contributed by atoms with E-state index in [0.29, 0.717) is 6.54 Å². The number of anilines is 3. The molecule has 1 aliphatic carbocycles. The predicted molar refractivity (Wildman–Crippen MR) is 121 cm³/mol. The molecule has 2 aliphatic rings. The third-order valence-corrected chi connectivity index (χ3v) is 6.25. The molecule has 2 aromatic rings. The van der Waals surface area contributed by atoms with Crippen LogP contribution < -0.4 is 10.2 Å². The molecule has 0 radical (unpaired) electrons. The molecule has 1 N–H and O–H groups in total. The second-order valence-electron chi connectivity index (χ2n) is 8.61. The van der Waals surface area contributed by atoms with Crippen LogP contribution in [0.5, 0.6) is 0 Å². The summed E-state index contributed by atoms with van der Waals surface area (Å²) >= 11 is 6.36. The average molecular weight is 428 g/mol. The molecular weight excluding hydrogens is 398 g/mol. The summed E-state index contributed by atoms with van der Waals surface area (Å²) in [4.78, 5) is 20.1. The number of hydrogen-bond acceptors (Lipinski definition) is 4. The lowest BCUT2D eigenvalue weighted by Crippen LogP contribution is -2.38. The van der Waals surface area contributed by atoms with Crippen LogP contribution in [0, 0.1) is 5.92 Å². The Bertz CT molecular complexity index is 907. The summed E-state index contributed by atoms with van der Waals surface area (Å²) in [6, 6.07) is 9.99. The summed E-state index contributed by atoms with van der Waals surface area (Å²) < 4.78 is 5.97. The van der Waals surface area contributed by atoms with Gasteiger partial charge in [-0.25, -0.2) is 4.98 Å². The van der Waals surface area contributed by atoms with Crippen LogP contribution in [-0.4, -0.2) is 23.1 Å². The standard InChI is InChI=1S/C24H30ClN3O2/c1-15(2)30-20-9-6-17(7-10-20)24(29)28-14-19-5-4-12-26-23(19)27-21-11-8-18(16(3)25)13-22(21)28/h4-5,8,11-13,15-17,20H,6-7,9-10,14H2,1-3H3,(H,26,27)/t16?,17-,20-. The van der Waals surface area contributed by atoms with Gasteiger partial charge < -0.3 is 15.0 Å². The molecule has 1 amide bonds. The zero-order chi connectivity index (χ0) is 21.3. The molecule has 4 rings (SSSR count). The number of benzene rings is 1. The van der Waals surface area contributed by atoms with Gasteiger partial charge in [-0.3, -0.25) is 4.79 Å². The predicted octanol–water partition coefficient (Wildman–Crippen LogP) is 5.96. The van der Waals surface area contributed by atoms with Crippen LogP contribution in [0.25, 0.3) is 0 Å². The van der Waals surface area contributed by atoms with E-state index in [9.17, 15) is 4.79 Å². The lowest BCUT2D eigenvalue weighted by molar-refractivity contribution is -0.124. The Hall–Kier alpha value is -2.11. The van der Waals surface area contributed by atoms with Crippen molar-refractivity contribution in [1.29, 1.82) is 0 Å². The molecule has 1 saturated carbocycles. The molecule has 5 nitrogen and oxygen atoms in total. The van der Waals surface area contributed by atoms with E-state index in [1.165, 1.54) is 0 Å². The highest BCUT2D eigenvalue weighted by molar-refractivity contribution is 6.20. The van der Waals surface area contributed by atoms with Crippen molar-refractivity contribution in [3.05, 3.63) is 47.7 Å². The lowest BCUT2D eigenvalue weighted by atomic mass is 9.86. The first-order valence-electron chi connectivity index (χ1n) is 10.9. The van der Waals surface area contributed by atoms with E-state index >= 15 is 0 Å². The number of carbonyl (C=O) groups excluding carboxylic acids is 1. The van der Waals surface area contributed by atoms with Crippen LogP contribution in [0.4, 0.5) is 17.2 Å². The number of aromatic nitrogens is 1. The maximum absolute atomic E-state index is 13.7. The summed E-state index contributed by atoms with van der Waals surface area (Å²) in [6.45, 7) is 6.59. The van der Waals surface area contributed by atoms with Crippen molar-refractivity contribution in [2.45, 2.75) is 70.6 Å². The maximum Gasteiger partial charge on any atom is 0.230 e. The minimum atomic E-state index is -0.125. The van der Waals surface area contributed by atoms with E-state index in [1.54, 1.807) is 6.20 Å². The molecule has 0 spiro atoms. The number of ether oxygens (including phenoxy) is 1. The monoisotopic (exact) mass is 427 g/mol. The van der Waals surface area contributed by atoms with Crippen LogP contribution in [0.3, 0.4) is 0 Å². The van der Waals surface area contributed by atoms with Crippen molar-refractivity contribution in [3.8, 4) is 0 Å². The highest BCUT2D eigenvalue weighted by Crippen LogP contribution is 2.39. The Morgan fingerprint density at radius 3 is 2.67 bits per heavy atom.